The van der Waals surface area contributed by atoms with Crippen LogP contribution in [-0.4, -0.2) is 37.5 Å². The lowest BCUT2D eigenvalue weighted by atomic mass is 10.2. The quantitative estimate of drug-likeness (QED) is 0.772. The Morgan fingerprint density at radius 3 is 2.47 bits per heavy atom. The Labute approximate surface area is 102 Å². The third-order valence-electron chi connectivity index (χ3n) is 2.28. The SMILES string of the molecule is CC(CO)NS(=O)(=O)N(C)Cc1ccccc1. The zero-order valence-electron chi connectivity index (χ0n) is 10.00. The Balaban J connectivity index is 2.67. The molecule has 0 spiro atoms. The van der Waals surface area contributed by atoms with Gasteiger partial charge in [0.2, 0.25) is 0 Å². The van der Waals surface area contributed by atoms with Gasteiger partial charge in [-0.2, -0.15) is 17.4 Å². The molecule has 1 aromatic rings. The number of hydrogen-bond donors (Lipinski definition) is 2. The molecule has 2 N–H and O–H groups in total. The highest BCUT2D eigenvalue weighted by atomic mass is 32.2. The predicted octanol–water partition coefficient (Wildman–Crippen LogP) is 0.334. The molecule has 0 aliphatic heterocycles. The number of benzene rings is 1. The molecule has 0 bridgehead atoms. The summed E-state index contributed by atoms with van der Waals surface area (Å²) in [6.45, 7) is 1.68. The first-order valence-corrected chi connectivity index (χ1v) is 6.78. The Hall–Kier alpha value is -0.950. The van der Waals surface area contributed by atoms with Gasteiger partial charge in [-0.05, 0) is 12.5 Å². The number of rotatable bonds is 6. The molecule has 0 amide bonds. The molecule has 96 valence electrons. The van der Waals surface area contributed by atoms with Crippen LogP contribution in [0.1, 0.15) is 12.5 Å². The monoisotopic (exact) mass is 258 g/mol. The summed E-state index contributed by atoms with van der Waals surface area (Å²) >= 11 is 0. The van der Waals surface area contributed by atoms with Crippen LogP contribution >= 0.6 is 0 Å². The Bertz CT molecular complexity index is 433. The number of aliphatic hydroxyl groups is 1. The molecule has 0 aliphatic rings. The summed E-state index contributed by atoms with van der Waals surface area (Å²) in [5.74, 6) is 0. The lowest BCUT2D eigenvalue weighted by Gasteiger charge is -2.20. The normalized spacial score (nSPS) is 13.9. The second kappa shape index (κ2) is 6.11. The van der Waals surface area contributed by atoms with Gasteiger partial charge in [0.05, 0.1) is 6.61 Å². The number of hydrogen-bond acceptors (Lipinski definition) is 3. The van der Waals surface area contributed by atoms with Crippen LogP contribution < -0.4 is 4.72 Å². The van der Waals surface area contributed by atoms with Gasteiger partial charge in [-0.15, -0.1) is 0 Å². The Morgan fingerprint density at radius 1 is 1.35 bits per heavy atom. The average molecular weight is 258 g/mol. The molecule has 0 heterocycles. The summed E-state index contributed by atoms with van der Waals surface area (Å²) < 4.78 is 27.2. The minimum Gasteiger partial charge on any atom is -0.395 e. The minimum absolute atomic E-state index is 0.224. The van der Waals surface area contributed by atoms with E-state index in [-0.39, 0.29) is 6.61 Å². The zero-order chi connectivity index (χ0) is 12.9. The van der Waals surface area contributed by atoms with E-state index in [1.807, 2.05) is 30.3 Å². The van der Waals surface area contributed by atoms with E-state index in [0.717, 1.165) is 5.56 Å². The summed E-state index contributed by atoms with van der Waals surface area (Å²) in [5.41, 5.74) is 0.914. The van der Waals surface area contributed by atoms with E-state index >= 15 is 0 Å². The van der Waals surface area contributed by atoms with Gasteiger partial charge >= 0.3 is 0 Å². The van der Waals surface area contributed by atoms with Crippen molar-refractivity contribution in [3.05, 3.63) is 35.9 Å². The van der Waals surface area contributed by atoms with Crippen LogP contribution in [0.2, 0.25) is 0 Å². The maximum Gasteiger partial charge on any atom is 0.279 e. The van der Waals surface area contributed by atoms with Crippen molar-refractivity contribution in [3.63, 3.8) is 0 Å². The molecular weight excluding hydrogens is 240 g/mol. The average Bonchev–Trinajstić information content (AvgIpc) is 2.29. The second-order valence-electron chi connectivity index (χ2n) is 3.95. The molecule has 0 saturated heterocycles. The highest BCUT2D eigenvalue weighted by Gasteiger charge is 2.19. The Kier molecular flexibility index (Phi) is 5.07. The first-order valence-electron chi connectivity index (χ1n) is 5.34. The highest BCUT2D eigenvalue weighted by Crippen LogP contribution is 2.06. The molecule has 0 aliphatic carbocycles. The summed E-state index contributed by atoms with van der Waals surface area (Å²) in [6.07, 6.45) is 0. The van der Waals surface area contributed by atoms with Crippen LogP contribution in [0.4, 0.5) is 0 Å². The largest absolute Gasteiger partial charge is 0.395 e. The second-order valence-corrected chi connectivity index (χ2v) is 5.76. The fraction of sp³-hybridized carbons (Fsp3) is 0.455. The zero-order valence-corrected chi connectivity index (χ0v) is 10.8. The van der Waals surface area contributed by atoms with Crippen LogP contribution in [0.5, 0.6) is 0 Å². The smallest absolute Gasteiger partial charge is 0.279 e. The minimum atomic E-state index is -3.55. The molecule has 1 aromatic carbocycles. The molecule has 5 nitrogen and oxygen atoms in total. The fourth-order valence-electron chi connectivity index (χ4n) is 1.31. The van der Waals surface area contributed by atoms with Gasteiger partial charge in [-0.25, -0.2) is 0 Å². The van der Waals surface area contributed by atoms with Gasteiger partial charge in [0.15, 0.2) is 0 Å². The maximum absolute atomic E-state index is 11.8. The van der Waals surface area contributed by atoms with Crippen LogP contribution in [0, 0.1) is 0 Å². The third kappa shape index (κ3) is 4.43. The van der Waals surface area contributed by atoms with Crippen molar-refractivity contribution in [1.82, 2.24) is 9.03 Å². The van der Waals surface area contributed by atoms with Crippen molar-refractivity contribution in [2.75, 3.05) is 13.7 Å². The van der Waals surface area contributed by atoms with Crippen LogP contribution in [0.25, 0.3) is 0 Å². The predicted molar refractivity (Wildman–Crippen MR) is 66.5 cm³/mol. The Morgan fingerprint density at radius 2 is 1.94 bits per heavy atom. The number of nitrogens with one attached hydrogen (secondary N) is 1. The van der Waals surface area contributed by atoms with Gasteiger partial charge in [-0.3, -0.25) is 0 Å². The molecule has 1 rings (SSSR count). The standard InChI is InChI=1S/C11H18N2O3S/c1-10(9-14)12-17(15,16)13(2)8-11-6-4-3-5-7-11/h3-7,10,12,14H,8-9H2,1-2H3. The lowest BCUT2D eigenvalue weighted by molar-refractivity contribution is 0.263. The molecular formula is C11H18N2O3S. The van der Waals surface area contributed by atoms with Gasteiger partial charge in [-0.1, -0.05) is 30.3 Å². The van der Waals surface area contributed by atoms with E-state index in [2.05, 4.69) is 4.72 Å². The third-order valence-corrected chi connectivity index (χ3v) is 3.93. The van der Waals surface area contributed by atoms with Crippen molar-refractivity contribution < 1.29 is 13.5 Å². The fourth-order valence-corrected chi connectivity index (χ4v) is 2.39. The molecule has 6 heteroatoms. The van der Waals surface area contributed by atoms with Crippen LogP contribution in [0.15, 0.2) is 30.3 Å². The van der Waals surface area contributed by atoms with Crippen molar-refractivity contribution >= 4 is 10.2 Å². The van der Waals surface area contributed by atoms with E-state index in [9.17, 15) is 8.42 Å². The van der Waals surface area contributed by atoms with Crippen LogP contribution in [0.3, 0.4) is 0 Å². The molecule has 17 heavy (non-hydrogen) atoms. The molecule has 1 atom stereocenters. The number of nitrogens with zero attached hydrogens (tertiary/aromatic N) is 1. The molecule has 1 unspecified atom stereocenters. The number of aliphatic hydroxyl groups excluding tert-OH is 1. The summed E-state index contributed by atoms with van der Waals surface area (Å²) in [4.78, 5) is 0. The van der Waals surface area contributed by atoms with Gasteiger partial charge in [0, 0.05) is 19.6 Å². The van der Waals surface area contributed by atoms with Crippen molar-refractivity contribution in [1.29, 1.82) is 0 Å². The summed E-state index contributed by atoms with van der Waals surface area (Å²) in [5, 5.41) is 8.82. The van der Waals surface area contributed by atoms with Gasteiger partial charge < -0.3 is 5.11 Å². The van der Waals surface area contributed by atoms with Crippen molar-refractivity contribution in [2.45, 2.75) is 19.5 Å². The molecule has 0 aromatic heterocycles. The highest BCUT2D eigenvalue weighted by molar-refractivity contribution is 7.87. The van der Waals surface area contributed by atoms with E-state index in [1.165, 1.54) is 11.4 Å². The first-order chi connectivity index (χ1) is 7.95. The summed E-state index contributed by atoms with van der Waals surface area (Å²) in [6, 6.07) is 8.84. The molecule has 0 radical (unpaired) electrons. The molecule has 0 saturated carbocycles. The topological polar surface area (TPSA) is 69.6 Å². The van der Waals surface area contributed by atoms with Crippen LogP contribution in [-0.2, 0) is 16.8 Å². The molecule has 0 fully saturated rings. The van der Waals surface area contributed by atoms with E-state index in [1.54, 1.807) is 6.92 Å². The van der Waals surface area contributed by atoms with Gasteiger partial charge in [0.1, 0.15) is 0 Å². The van der Waals surface area contributed by atoms with E-state index < -0.39 is 16.3 Å². The summed E-state index contributed by atoms with van der Waals surface area (Å²) in [7, 11) is -2.05. The maximum atomic E-state index is 11.8. The van der Waals surface area contributed by atoms with Crippen molar-refractivity contribution in [2.24, 2.45) is 0 Å². The van der Waals surface area contributed by atoms with Crippen molar-refractivity contribution in [3.8, 4) is 0 Å². The lowest BCUT2D eigenvalue weighted by Crippen LogP contribution is -2.43. The van der Waals surface area contributed by atoms with E-state index in [0.29, 0.717) is 6.54 Å². The van der Waals surface area contributed by atoms with E-state index in [4.69, 9.17) is 5.11 Å². The first kappa shape index (κ1) is 14.1. The van der Waals surface area contributed by atoms with Gasteiger partial charge in [0.25, 0.3) is 10.2 Å².